The number of carbonyl (C=O) groups excluding carboxylic acids is 1. The molecule has 7 nitrogen and oxygen atoms in total. The third kappa shape index (κ3) is 4.19. The topological polar surface area (TPSA) is 85.8 Å². The first kappa shape index (κ1) is 20.1. The number of rotatable bonds is 5. The number of para-hydroxylation sites is 2. The van der Waals surface area contributed by atoms with E-state index in [2.05, 4.69) is 27.1 Å². The summed E-state index contributed by atoms with van der Waals surface area (Å²) in [5.74, 6) is -1.33. The summed E-state index contributed by atoms with van der Waals surface area (Å²) in [6.45, 7) is 3.74. The molecule has 0 radical (unpaired) electrons. The van der Waals surface area contributed by atoms with Crippen molar-refractivity contribution in [2.45, 2.75) is 0 Å². The van der Waals surface area contributed by atoms with Crippen LogP contribution in [0.4, 0.5) is 11.4 Å². The molecule has 1 aliphatic heterocycles. The Morgan fingerprint density at radius 1 is 1.03 bits per heavy atom. The summed E-state index contributed by atoms with van der Waals surface area (Å²) in [6.07, 6.45) is 0. The Kier molecular flexibility index (Phi) is 5.78. The second kappa shape index (κ2) is 8.64. The number of piperazine rings is 1. The predicted octanol–water partition coefficient (Wildman–Crippen LogP) is 3.51. The van der Waals surface area contributed by atoms with Gasteiger partial charge in [-0.15, -0.1) is 11.3 Å². The van der Waals surface area contributed by atoms with Crippen LogP contribution in [0.2, 0.25) is 0 Å². The molecule has 8 heteroatoms. The fourth-order valence-electron chi connectivity index (χ4n) is 3.45. The summed E-state index contributed by atoms with van der Waals surface area (Å²) in [6, 6.07) is 14.4. The number of aromatic carboxylic acids is 1. The number of nitrogens with one attached hydrogen (secondary N) is 1. The third-order valence-corrected chi connectivity index (χ3v) is 6.00. The number of thiazole rings is 1. The molecule has 3 aromatic rings. The highest BCUT2D eigenvalue weighted by Gasteiger charge is 2.20. The van der Waals surface area contributed by atoms with Crippen molar-refractivity contribution in [2.75, 3.05) is 43.4 Å². The molecule has 0 atom stereocenters. The zero-order valence-electron chi connectivity index (χ0n) is 16.5. The van der Waals surface area contributed by atoms with Crippen LogP contribution in [0.25, 0.3) is 10.6 Å². The highest BCUT2D eigenvalue weighted by molar-refractivity contribution is 7.13. The molecule has 0 spiro atoms. The van der Waals surface area contributed by atoms with Gasteiger partial charge in [0, 0.05) is 37.1 Å². The molecule has 4 rings (SSSR count). The van der Waals surface area contributed by atoms with Crippen LogP contribution in [0.5, 0.6) is 0 Å². The summed E-state index contributed by atoms with van der Waals surface area (Å²) in [7, 11) is 2.10. The Morgan fingerprint density at radius 2 is 1.73 bits per heavy atom. The highest BCUT2D eigenvalue weighted by Crippen LogP contribution is 2.29. The standard InChI is InChI=1S/C22H22N4O3S/c1-25-10-12-26(13-11-25)19-9-5-4-8-17(19)23-20(27)18-14-30-21(24-18)15-6-2-3-7-16(15)22(28)29/h2-9,14H,10-13H2,1H3,(H,23,27)(H,28,29). The van der Waals surface area contributed by atoms with E-state index in [-0.39, 0.29) is 17.2 Å². The lowest BCUT2D eigenvalue weighted by molar-refractivity contribution is 0.0697. The first-order valence-electron chi connectivity index (χ1n) is 9.65. The van der Waals surface area contributed by atoms with Crippen LogP contribution in [0, 0.1) is 0 Å². The first-order valence-corrected chi connectivity index (χ1v) is 10.5. The average Bonchev–Trinajstić information content (AvgIpc) is 3.25. The average molecular weight is 423 g/mol. The van der Waals surface area contributed by atoms with Crippen LogP contribution in [0.1, 0.15) is 20.8 Å². The number of amides is 1. The quantitative estimate of drug-likeness (QED) is 0.654. The van der Waals surface area contributed by atoms with Gasteiger partial charge >= 0.3 is 5.97 Å². The highest BCUT2D eigenvalue weighted by atomic mass is 32.1. The van der Waals surface area contributed by atoms with E-state index >= 15 is 0 Å². The Hall–Kier alpha value is -3.23. The van der Waals surface area contributed by atoms with Gasteiger partial charge in [0.05, 0.1) is 16.9 Å². The Balaban J connectivity index is 1.55. The van der Waals surface area contributed by atoms with Gasteiger partial charge in [0.2, 0.25) is 0 Å². The fourth-order valence-corrected chi connectivity index (χ4v) is 4.29. The second-order valence-electron chi connectivity index (χ2n) is 7.15. The van der Waals surface area contributed by atoms with Gasteiger partial charge in [0.25, 0.3) is 5.91 Å². The van der Waals surface area contributed by atoms with Crippen molar-refractivity contribution < 1.29 is 14.7 Å². The maximum Gasteiger partial charge on any atom is 0.336 e. The van der Waals surface area contributed by atoms with Crippen molar-refractivity contribution in [3.8, 4) is 10.6 Å². The van der Waals surface area contributed by atoms with Crippen molar-refractivity contribution in [2.24, 2.45) is 0 Å². The number of aromatic nitrogens is 1. The molecule has 2 heterocycles. The number of anilines is 2. The number of hydrogen-bond donors (Lipinski definition) is 2. The minimum absolute atomic E-state index is 0.166. The normalized spacial score (nSPS) is 14.5. The molecule has 2 aromatic carbocycles. The fraction of sp³-hybridized carbons (Fsp3) is 0.227. The van der Waals surface area contributed by atoms with E-state index in [1.54, 1.807) is 23.6 Å². The Morgan fingerprint density at radius 3 is 2.50 bits per heavy atom. The molecular formula is C22H22N4O3S. The van der Waals surface area contributed by atoms with Crippen LogP contribution < -0.4 is 10.2 Å². The minimum atomic E-state index is -1.02. The maximum absolute atomic E-state index is 12.9. The zero-order chi connectivity index (χ0) is 21.1. The molecule has 1 saturated heterocycles. The lowest BCUT2D eigenvalue weighted by Gasteiger charge is -2.35. The largest absolute Gasteiger partial charge is 0.478 e. The van der Waals surface area contributed by atoms with E-state index in [1.165, 1.54) is 17.4 Å². The Bertz CT molecular complexity index is 1070. The van der Waals surface area contributed by atoms with Crippen LogP contribution in [-0.2, 0) is 0 Å². The number of nitrogens with zero attached hydrogens (tertiary/aromatic N) is 3. The number of likely N-dealkylation sites (N-methyl/N-ethyl adjacent to an activating group) is 1. The lowest BCUT2D eigenvalue weighted by atomic mass is 10.1. The van der Waals surface area contributed by atoms with Gasteiger partial charge in [-0.05, 0) is 25.2 Å². The number of hydrogen-bond acceptors (Lipinski definition) is 6. The molecule has 1 fully saturated rings. The molecule has 0 aliphatic carbocycles. The van der Waals surface area contributed by atoms with Crippen molar-refractivity contribution in [3.05, 3.63) is 65.2 Å². The molecule has 1 amide bonds. The van der Waals surface area contributed by atoms with E-state index in [0.29, 0.717) is 10.6 Å². The van der Waals surface area contributed by atoms with Gasteiger partial charge < -0.3 is 20.2 Å². The van der Waals surface area contributed by atoms with Crippen LogP contribution in [0.3, 0.4) is 0 Å². The van der Waals surface area contributed by atoms with Gasteiger partial charge in [-0.3, -0.25) is 4.79 Å². The third-order valence-electron chi connectivity index (χ3n) is 5.12. The SMILES string of the molecule is CN1CCN(c2ccccc2NC(=O)c2csc(-c3ccccc3C(=O)O)n2)CC1. The summed E-state index contributed by atoms with van der Waals surface area (Å²) < 4.78 is 0. The van der Waals surface area contributed by atoms with E-state index < -0.39 is 5.97 Å². The molecule has 1 aliphatic rings. The lowest BCUT2D eigenvalue weighted by Crippen LogP contribution is -2.44. The van der Waals surface area contributed by atoms with Gasteiger partial charge in [-0.25, -0.2) is 9.78 Å². The summed E-state index contributed by atoms with van der Waals surface area (Å²) in [5, 5.41) is 14.5. The number of carbonyl (C=O) groups is 2. The molecule has 30 heavy (non-hydrogen) atoms. The van der Waals surface area contributed by atoms with Gasteiger partial charge in [-0.1, -0.05) is 30.3 Å². The molecule has 2 N–H and O–H groups in total. The van der Waals surface area contributed by atoms with Crippen molar-refractivity contribution in [1.82, 2.24) is 9.88 Å². The molecule has 0 saturated carbocycles. The zero-order valence-corrected chi connectivity index (χ0v) is 17.4. The van der Waals surface area contributed by atoms with E-state index in [1.807, 2.05) is 24.3 Å². The number of benzene rings is 2. The molecule has 154 valence electrons. The number of carboxylic acids is 1. The predicted molar refractivity (Wildman–Crippen MR) is 119 cm³/mol. The smallest absolute Gasteiger partial charge is 0.336 e. The minimum Gasteiger partial charge on any atom is -0.478 e. The second-order valence-corrected chi connectivity index (χ2v) is 8.01. The van der Waals surface area contributed by atoms with E-state index in [4.69, 9.17) is 0 Å². The summed E-state index contributed by atoms with van der Waals surface area (Å²) in [4.78, 5) is 33.3. The van der Waals surface area contributed by atoms with E-state index in [9.17, 15) is 14.7 Å². The van der Waals surface area contributed by atoms with Crippen LogP contribution in [-0.4, -0.2) is 60.1 Å². The Labute approximate surface area is 178 Å². The van der Waals surface area contributed by atoms with Crippen molar-refractivity contribution >= 4 is 34.6 Å². The summed E-state index contributed by atoms with van der Waals surface area (Å²) in [5.41, 5.74) is 2.67. The van der Waals surface area contributed by atoms with Crippen LogP contribution >= 0.6 is 11.3 Å². The van der Waals surface area contributed by atoms with Gasteiger partial charge in [0.1, 0.15) is 10.7 Å². The molecular weight excluding hydrogens is 400 g/mol. The van der Waals surface area contributed by atoms with E-state index in [0.717, 1.165) is 37.6 Å². The van der Waals surface area contributed by atoms with Crippen molar-refractivity contribution in [3.63, 3.8) is 0 Å². The number of carboxylic acid groups (broad SMARTS) is 1. The summed E-state index contributed by atoms with van der Waals surface area (Å²) >= 11 is 1.25. The van der Waals surface area contributed by atoms with Crippen LogP contribution in [0.15, 0.2) is 53.9 Å². The van der Waals surface area contributed by atoms with Gasteiger partial charge in [-0.2, -0.15) is 0 Å². The van der Waals surface area contributed by atoms with Crippen molar-refractivity contribution in [1.29, 1.82) is 0 Å². The maximum atomic E-state index is 12.9. The first-order chi connectivity index (χ1) is 14.5. The molecule has 0 bridgehead atoms. The van der Waals surface area contributed by atoms with Gasteiger partial charge in [0.15, 0.2) is 0 Å². The molecule has 0 unspecified atom stereocenters. The monoisotopic (exact) mass is 422 g/mol. The molecule has 1 aromatic heterocycles.